The second kappa shape index (κ2) is 4.61. The lowest BCUT2D eigenvalue weighted by Crippen LogP contribution is -2.29. The van der Waals surface area contributed by atoms with E-state index in [-0.39, 0.29) is 18.1 Å². The predicted octanol–water partition coefficient (Wildman–Crippen LogP) is 1.95. The van der Waals surface area contributed by atoms with E-state index in [2.05, 4.69) is 4.90 Å². The van der Waals surface area contributed by atoms with Crippen LogP contribution in [-0.4, -0.2) is 35.5 Å². The summed E-state index contributed by atoms with van der Waals surface area (Å²) in [6.07, 6.45) is 3.69. The average molecular weight is 247 g/mol. The molecule has 0 radical (unpaired) electrons. The number of phenols is 1. The second-order valence-corrected chi connectivity index (χ2v) is 4.99. The van der Waals surface area contributed by atoms with E-state index in [1.807, 2.05) is 0 Å². The van der Waals surface area contributed by atoms with E-state index in [9.17, 15) is 9.90 Å². The number of carbonyl (C=O) groups excluding carboxylic acids is 1. The molecule has 0 saturated carbocycles. The van der Waals surface area contributed by atoms with Crippen LogP contribution >= 0.6 is 0 Å². The molecule has 4 heteroatoms. The van der Waals surface area contributed by atoms with Crippen LogP contribution in [0.25, 0.3) is 0 Å². The lowest BCUT2D eigenvalue weighted by Gasteiger charge is -2.27. The Morgan fingerprint density at radius 3 is 2.78 bits per heavy atom. The molecule has 0 bridgehead atoms. The number of piperidine rings is 1. The molecule has 96 valence electrons. The molecule has 0 amide bonds. The maximum Gasteiger partial charge on any atom is 0.203 e. The largest absolute Gasteiger partial charge is 0.507 e. The number of benzene rings is 1. The Balaban J connectivity index is 1.89. The van der Waals surface area contributed by atoms with Crippen LogP contribution in [0.5, 0.6) is 11.5 Å². The molecule has 1 saturated heterocycles. The van der Waals surface area contributed by atoms with E-state index in [4.69, 9.17) is 4.74 Å². The summed E-state index contributed by atoms with van der Waals surface area (Å²) in [6.45, 7) is 2.88. The van der Waals surface area contributed by atoms with Crippen molar-refractivity contribution >= 4 is 5.78 Å². The van der Waals surface area contributed by atoms with E-state index >= 15 is 0 Å². The molecule has 1 N–H and O–H groups in total. The highest BCUT2D eigenvalue weighted by Gasteiger charge is 2.27. The third-order valence-corrected chi connectivity index (χ3v) is 3.71. The van der Waals surface area contributed by atoms with Gasteiger partial charge in [0.05, 0.1) is 11.1 Å². The molecule has 0 atom stereocenters. The summed E-state index contributed by atoms with van der Waals surface area (Å²) in [5.41, 5.74) is 1.38. The first-order chi connectivity index (χ1) is 8.75. The van der Waals surface area contributed by atoms with Gasteiger partial charge in [0.25, 0.3) is 0 Å². The zero-order valence-electron chi connectivity index (χ0n) is 10.3. The highest BCUT2D eigenvalue weighted by molar-refractivity contribution is 6.02. The number of fused-ring (bicyclic) bond motifs is 1. The lowest BCUT2D eigenvalue weighted by atomic mass is 10.0. The summed E-state index contributed by atoms with van der Waals surface area (Å²) in [7, 11) is 0. The number of hydrogen-bond donors (Lipinski definition) is 1. The highest BCUT2D eigenvalue weighted by Crippen LogP contribution is 2.36. The smallest absolute Gasteiger partial charge is 0.203 e. The van der Waals surface area contributed by atoms with Gasteiger partial charge in [-0.25, -0.2) is 0 Å². The molecule has 2 aliphatic heterocycles. The van der Waals surface area contributed by atoms with Crippen LogP contribution in [0.3, 0.4) is 0 Å². The Bertz CT molecular complexity index is 478. The molecule has 2 heterocycles. The average Bonchev–Trinajstić information content (AvgIpc) is 2.76. The van der Waals surface area contributed by atoms with Crippen LogP contribution in [0, 0.1) is 0 Å². The fraction of sp³-hybridized carbons (Fsp3) is 0.500. The van der Waals surface area contributed by atoms with Gasteiger partial charge in [0.1, 0.15) is 11.5 Å². The van der Waals surface area contributed by atoms with Crippen LogP contribution in [-0.2, 0) is 6.54 Å². The zero-order chi connectivity index (χ0) is 12.5. The van der Waals surface area contributed by atoms with Crippen molar-refractivity contribution < 1.29 is 14.6 Å². The molecule has 4 nitrogen and oxygen atoms in total. The van der Waals surface area contributed by atoms with Gasteiger partial charge in [-0.05, 0) is 38.1 Å². The van der Waals surface area contributed by atoms with Crippen LogP contribution in [0.4, 0.5) is 0 Å². The van der Waals surface area contributed by atoms with Gasteiger partial charge in [0.2, 0.25) is 5.78 Å². The van der Waals surface area contributed by atoms with Gasteiger partial charge < -0.3 is 9.84 Å². The summed E-state index contributed by atoms with van der Waals surface area (Å²) in [5.74, 6) is 0.824. The fourth-order valence-electron chi connectivity index (χ4n) is 2.71. The van der Waals surface area contributed by atoms with E-state index in [0.29, 0.717) is 17.9 Å². The number of ketones is 1. The molecule has 1 aromatic carbocycles. The van der Waals surface area contributed by atoms with Gasteiger partial charge in [0, 0.05) is 6.54 Å². The Morgan fingerprint density at radius 1 is 1.22 bits per heavy atom. The second-order valence-electron chi connectivity index (χ2n) is 4.99. The molecular weight excluding hydrogens is 230 g/mol. The van der Waals surface area contributed by atoms with E-state index < -0.39 is 0 Å². The maximum atomic E-state index is 11.6. The predicted molar refractivity (Wildman–Crippen MR) is 67.1 cm³/mol. The summed E-state index contributed by atoms with van der Waals surface area (Å²) < 4.78 is 5.43. The fourth-order valence-corrected chi connectivity index (χ4v) is 2.71. The first kappa shape index (κ1) is 11.5. The van der Waals surface area contributed by atoms with Gasteiger partial charge in [-0.1, -0.05) is 6.42 Å². The number of phenolic OH excluding ortho intramolecular Hbond substituents is 1. The van der Waals surface area contributed by atoms with E-state index in [1.54, 1.807) is 12.1 Å². The van der Waals surface area contributed by atoms with E-state index in [0.717, 1.165) is 18.7 Å². The van der Waals surface area contributed by atoms with E-state index in [1.165, 1.54) is 19.3 Å². The minimum atomic E-state index is 0.00453. The number of likely N-dealkylation sites (tertiary alicyclic amines) is 1. The van der Waals surface area contributed by atoms with Crippen LogP contribution in [0.15, 0.2) is 12.1 Å². The third kappa shape index (κ3) is 1.97. The van der Waals surface area contributed by atoms with Crippen molar-refractivity contribution in [2.75, 3.05) is 19.7 Å². The molecule has 0 unspecified atom stereocenters. The number of rotatable bonds is 2. The van der Waals surface area contributed by atoms with Crippen molar-refractivity contribution in [3.63, 3.8) is 0 Å². The van der Waals surface area contributed by atoms with Crippen molar-refractivity contribution in [3.8, 4) is 11.5 Å². The van der Waals surface area contributed by atoms with Crippen LogP contribution in [0.2, 0.25) is 0 Å². The summed E-state index contributed by atoms with van der Waals surface area (Å²) >= 11 is 0. The normalized spacial score (nSPS) is 19.7. The Kier molecular flexibility index (Phi) is 2.96. The molecule has 3 rings (SSSR count). The highest BCUT2D eigenvalue weighted by atomic mass is 16.5. The SMILES string of the molecule is O=C1COc2c1ccc(O)c2CN1CCCCC1. The molecule has 0 aliphatic carbocycles. The first-order valence-corrected chi connectivity index (χ1v) is 6.49. The number of ether oxygens (including phenoxy) is 1. The van der Waals surface area contributed by atoms with Crippen molar-refractivity contribution in [1.82, 2.24) is 4.90 Å². The number of nitrogens with zero attached hydrogens (tertiary/aromatic N) is 1. The topological polar surface area (TPSA) is 49.8 Å². The number of carbonyl (C=O) groups is 1. The monoisotopic (exact) mass is 247 g/mol. The number of Topliss-reactive ketones (excluding diaryl/α,β-unsaturated/α-hetero) is 1. The van der Waals surface area contributed by atoms with Gasteiger partial charge in [0.15, 0.2) is 6.61 Å². The summed E-state index contributed by atoms with van der Waals surface area (Å²) in [4.78, 5) is 13.9. The Morgan fingerprint density at radius 2 is 2.00 bits per heavy atom. The molecular formula is C14H17NO3. The minimum absolute atomic E-state index is 0.00453. The third-order valence-electron chi connectivity index (χ3n) is 3.71. The van der Waals surface area contributed by atoms with Gasteiger partial charge in [-0.3, -0.25) is 9.69 Å². The number of hydrogen-bond acceptors (Lipinski definition) is 4. The zero-order valence-corrected chi connectivity index (χ0v) is 10.3. The van der Waals surface area contributed by atoms with Gasteiger partial charge in [-0.15, -0.1) is 0 Å². The van der Waals surface area contributed by atoms with Crippen molar-refractivity contribution in [2.24, 2.45) is 0 Å². The van der Waals surface area contributed by atoms with Crippen LogP contribution < -0.4 is 4.74 Å². The van der Waals surface area contributed by atoms with Gasteiger partial charge >= 0.3 is 0 Å². The molecule has 2 aliphatic rings. The quantitative estimate of drug-likeness (QED) is 0.868. The Hall–Kier alpha value is -1.55. The molecule has 1 aromatic rings. The summed E-state index contributed by atoms with van der Waals surface area (Å²) in [6, 6.07) is 3.25. The van der Waals surface area contributed by atoms with Crippen LogP contribution in [0.1, 0.15) is 35.2 Å². The van der Waals surface area contributed by atoms with Crippen molar-refractivity contribution in [2.45, 2.75) is 25.8 Å². The lowest BCUT2D eigenvalue weighted by molar-refractivity contribution is 0.0960. The molecule has 0 spiro atoms. The number of aromatic hydroxyl groups is 1. The van der Waals surface area contributed by atoms with Crippen molar-refractivity contribution in [3.05, 3.63) is 23.3 Å². The van der Waals surface area contributed by atoms with Gasteiger partial charge in [-0.2, -0.15) is 0 Å². The Labute approximate surface area is 106 Å². The molecule has 18 heavy (non-hydrogen) atoms. The molecule has 0 aromatic heterocycles. The maximum absolute atomic E-state index is 11.6. The molecule has 1 fully saturated rings. The van der Waals surface area contributed by atoms with Crippen molar-refractivity contribution in [1.29, 1.82) is 0 Å². The summed E-state index contributed by atoms with van der Waals surface area (Å²) in [5, 5.41) is 9.97. The standard InChI is InChI=1S/C14H17NO3/c16-12-5-4-10-13(17)9-18-14(10)11(12)8-15-6-2-1-3-7-15/h4-5,16H,1-3,6-9H2. The minimum Gasteiger partial charge on any atom is -0.507 e. The first-order valence-electron chi connectivity index (χ1n) is 6.49.